The molecule has 0 heterocycles. The fourth-order valence-electron chi connectivity index (χ4n) is 3.16. The number of anilines is 2. The molecule has 9 heteroatoms. The van der Waals surface area contributed by atoms with Crippen molar-refractivity contribution in [3.05, 3.63) is 54.6 Å². The molecular formula is C23H31N3O5S. The average Bonchev–Trinajstić information content (AvgIpc) is 2.73. The summed E-state index contributed by atoms with van der Waals surface area (Å²) < 4.78 is 32.2. The quantitative estimate of drug-likeness (QED) is 0.517. The van der Waals surface area contributed by atoms with Crippen molar-refractivity contribution in [1.82, 2.24) is 4.90 Å². The van der Waals surface area contributed by atoms with Crippen LogP contribution >= 0.6 is 0 Å². The Bertz CT molecular complexity index is 1010. The molecule has 1 amide bonds. The van der Waals surface area contributed by atoms with Crippen molar-refractivity contribution in [2.24, 2.45) is 5.92 Å². The van der Waals surface area contributed by atoms with Gasteiger partial charge in [0, 0.05) is 19.3 Å². The number of sulfonamides is 1. The van der Waals surface area contributed by atoms with Gasteiger partial charge in [0.25, 0.3) is 10.0 Å². The van der Waals surface area contributed by atoms with E-state index in [2.05, 4.69) is 5.32 Å². The van der Waals surface area contributed by atoms with Gasteiger partial charge >= 0.3 is 5.97 Å². The predicted molar refractivity (Wildman–Crippen MR) is 125 cm³/mol. The maximum Gasteiger partial charge on any atom is 0.320 e. The van der Waals surface area contributed by atoms with Crippen LogP contribution in [0, 0.1) is 5.92 Å². The zero-order chi connectivity index (χ0) is 23.7. The highest BCUT2D eigenvalue weighted by atomic mass is 32.2. The Labute approximate surface area is 190 Å². The van der Waals surface area contributed by atoms with E-state index in [0.717, 1.165) is 0 Å². The number of esters is 1. The van der Waals surface area contributed by atoms with Gasteiger partial charge in [-0.05, 0) is 43.2 Å². The third-order valence-corrected chi connectivity index (χ3v) is 6.33. The van der Waals surface area contributed by atoms with Gasteiger partial charge in [0.1, 0.15) is 0 Å². The fraction of sp³-hybridized carbons (Fsp3) is 0.391. The number of carbonyl (C=O) groups is 2. The molecule has 0 fully saturated rings. The molecule has 8 nitrogen and oxygen atoms in total. The van der Waals surface area contributed by atoms with Crippen LogP contribution < -0.4 is 9.62 Å². The van der Waals surface area contributed by atoms with E-state index in [0.29, 0.717) is 17.9 Å². The lowest BCUT2D eigenvalue weighted by Gasteiger charge is -2.23. The van der Waals surface area contributed by atoms with Crippen molar-refractivity contribution < 1.29 is 22.7 Å². The van der Waals surface area contributed by atoms with E-state index in [1.54, 1.807) is 48.2 Å². The van der Waals surface area contributed by atoms with Crippen LogP contribution in [0.3, 0.4) is 0 Å². The molecule has 0 spiro atoms. The number of benzene rings is 2. The summed E-state index contributed by atoms with van der Waals surface area (Å²) in [5.74, 6) is -0.488. The van der Waals surface area contributed by atoms with Crippen molar-refractivity contribution in [1.29, 1.82) is 0 Å². The molecular weight excluding hydrogens is 430 g/mol. The third kappa shape index (κ3) is 7.35. The first-order chi connectivity index (χ1) is 15.1. The van der Waals surface area contributed by atoms with Crippen LogP contribution in [-0.2, 0) is 24.3 Å². The number of ether oxygens (including phenoxy) is 1. The standard InChI is InChI=1S/C23H31N3O5S/c1-5-31-23(28)17-26(15-18(2)3)16-22(27)24-19-10-9-13-21(14-19)32(29,30)25(4)20-11-7-6-8-12-20/h6-14,18H,5,15-17H2,1-4H3,(H,24,27). The first-order valence-electron chi connectivity index (χ1n) is 10.4. The van der Waals surface area contributed by atoms with E-state index >= 15 is 0 Å². The van der Waals surface area contributed by atoms with Crippen LogP contribution in [0.2, 0.25) is 0 Å². The van der Waals surface area contributed by atoms with Crippen molar-refractivity contribution >= 4 is 33.3 Å². The number of hydrogen-bond acceptors (Lipinski definition) is 6. The highest BCUT2D eigenvalue weighted by Gasteiger charge is 2.22. The summed E-state index contributed by atoms with van der Waals surface area (Å²) in [5, 5.41) is 2.73. The molecule has 2 aromatic carbocycles. The molecule has 0 unspecified atom stereocenters. The van der Waals surface area contributed by atoms with Crippen LogP contribution in [0.5, 0.6) is 0 Å². The first-order valence-corrected chi connectivity index (χ1v) is 11.9. The molecule has 0 bridgehead atoms. The minimum atomic E-state index is -3.80. The van der Waals surface area contributed by atoms with Gasteiger partial charge in [-0.15, -0.1) is 0 Å². The highest BCUT2D eigenvalue weighted by molar-refractivity contribution is 7.92. The topological polar surface area (TPSA) is 96.0 Å². The summed E-state index contributed by atoms with van der Waals surface area (Å²) in [5.41, 5.74) is 0.892. The first kappa shape index (κ1) is 25.4. The lowest BCUT2D eigenvalue weighted by atomic mass is 10.2. The van der Waals surface area contributed by atoms with Crippen molar-refractivity contribution in [2.45, 2.75) is 25.7 Å². The summed E-state index contributed by atoms with van der Waals surface area (Å²) in [7, 11) is -2.32. The minimum absolute atomic E-state index is 0.00965. The number of nitrogens with zero attached hydrogens (tertiary/aromatic N) is 2. The summed E-state index contributed by atoms with van der Waals surface area (Å²) in [4.78, 5) is 26.2. The highest BCUT2D eigenvalue weighted by Crippen LogP contribution is 2.23. The average molecular weight is 462 g/mol. The van der Waals surface area contributed by atoms with Crippen LogP contribution in [0.1, 0.15) is 20.8 Å². The minimum Gasteiger partial charge on any atom is -0.465 e. The third-order valence-electron chi connectivity index (χ3n) is 4.54. The second-order valence-corrected chi connectivity index (χ2v) is 9.72. The molecule has 0 aromatic heterocycles. The van der Waals surface area contributed by atoms with Gasteiger partial charge in [0.2, 0.25) is 5.91 Å². The van der Waals surface area contributed by atoms with Crippen molar-refractivity contribution in [2.75, 3.05) is 42.9 Å². The molecule has 0 saturated carbocycles. The number of amides is 1. The molecule has 2 aromatic rings. The van der Waals surface area contributed by atoms with Crippen LogP contribution in [0.15, 0.2) is 59.5 Å². The maximum absolute atomic E-state index is 13.0. The van der Waals surface area contributed by atoms with E-state index in [1.165, 1.54) is 23.5 Å². The number of carbonyl (C=O) groups excluding carboxylic acids is 2. The molecule has 2 rings (SSSR count). The smallest absolute Gasteiger partial charge is 0.320 e. The number of nitrogens with one attached hydrogen (secondary N) is 1. The Kier molecular flexibility index (Phi) is 9.22. The Morgan fingerprint density at radius 3 is 2.34 bits per heavy atom. The monoisotopic (exact) mass is 461 g/mol. The Balaban J connectivity index is 2.12. The lowest BCUT2D eigenvalue weighted by Crippen LogP contribution is -2.39. The zero-order valence-electron chi connectivity index (χ0n) is 18.9. The second kappa shape index (κ2) is 11.6. The predicted octanol–water partition coefficient (Wildman–Crippen LogP) is 2.97. The van der Waals surface area contributed by atoms with Gasteiger partial charge in [0.15, 0.2) is 0 Å². The maximum atomic E-state index is 13.0. The number of hydrogen-bond donors (Lipinski definition) is 1. The largest absolute Gasteiger partial charge is 0.465 e. The summed E-state index contributed by atoms with van der Waals surface area (Å²) >= 11 is 0. The van der Waals surface area contributed by atoms with Crippen molar-refractivity contribution in [3.63, 3.8) is 0 Å². The number of rotatable bonds is 11. The zero-order valence-corrected chi connectivity index (χ0v) is 19.8. The Morgan fingerprint density at radius 2 is 1.72 bits per heavy atom. The van der Waals surface area contributed by atoms with Crippen LogP contribution in [0.4, 0.5) is 11.4 Å². The molecule has 0 atom stereocenters. The molecule has 0 aliphatic carbocycles. The van der Waals surface area contributed by atoms with E-state index in [1.807, 2.05) is 19.9 Å². The van der Waals surface area contributed by atoms with E-state index in [-0.39, 0.29) is 36.4 Å². The molecule has 0 aliphatic rings. The van der Waals surface area contributed by atoms with Gasteiger partial charge in [0.05, 0.1) is 30.3 Å². The molecule has 0 aliphatic heterocycles. The van der Waals surface area contributed by atoms with Crippen LogP contribution in [-0.4, -0.2) is 58.5 Å². The fourth-order valence-corrected chi connectivity index (χ4v) is 4.41. The van der Waals surface area contributed by atoms with Gasteiger partial charge in [-0.3, -0.25) is 18.8 Å². The molecule has 1 N–H and O–H groups in total. The Hall–Kier alpha value is -2.91. The number of para-hydroxylation sites is 1. The van der Waals surface area contributed by atoms with E-state index in [9.17, 15) is 18.0 Å². The SMILES string of the molecule is CCOC(=O)CN(CC(=O)Nc1cccc(S(=O)(=O)N(C)c2ccccc2)c1)CC(C)C. The molecule has 0 radical (unpaired) electrons. The second-order valence-electron chi connectivity index (χ2n) is 7.75. The van der Waals surface area contributed by atoms with Gasteiger partial charge in [-0.1, -0.05) is 38.1 Å². The summed E-state index contributed by atoms with van der Waals surface area (Å²) in [6, 6.07) is 14.8. The molecule has 0 saturated heterocycles. The lowest BCUT2D eigenvalue weighted by molar-refractivity contribution is -0.144. The molecule has 174 valence electrons. The van der Waals surface area contributed by atoms with Gasteiger partial charge in [-0.25, -0.2) is 8.42 Å². The van der Waals surface area contributed by atoms with E-state index < -0.39 is 16.0 Å². The normalized spacial score (nSPS) is 11.4. The van der Waals surface area contributed by atoms with Crippen LogP contribution in [0.25, 0.3) is 0 Å². The summed E-state index contributed by atoms with van der Waals surface area (Å²) in [6.45, 7) is 6.53. The molecule has 32 heavy (non-hydrogen) atoms. The van der Waals surface area contributed by atoms with E-state index in [4.69, 9.17) is 4.74 Å². The van der Waals surface area contributed by atoms with Crippen molar-refractivity contribution in [3.8, 4) is 0 Å². The summed E-state index contributed by atoms with van der Waals surface area (Å²) in [6.07, 6.45) is 0. The van der Waals surface area contributed by atoms with Gasteiger partial charge in [-0.2, -0.15) is 0 Å². The Morgan fingerprint density at radius 1 is 1.03 bits per heavy atom. The van der Waals surface area contributed by atoms with Gasteiger partial charge < -0.3 is 10.1 Å².